The summed E-state index contributed by atoms with van der Waals surface area (Å²) in [5.41, 5.74) is 2.30. The summed E-state index contributed by atoms with van der Waals surface area (Å²) >= 11 is 0. The van der Waals surface area contributed by atoms with Crippen molar-refractivity contribution in [2.24, 2.45) is 0 Å². The van der Waals surface area contributed by atoms with E-state index in [4.69, 9.17) is 14.2 Å². The highest BCUT2D eigenvalue weighted by Gasteiger charge is 2.46. The predicted octanol–water partition coefficient (Wildman–Crippen LogP) is 5.56. The van der Waals surface area contributed by atoms with E-state index in [9.17, 15) is 19.1 Å². The zero-order chi connectivity index (χ0) is 27.4. The van der Waals surface area contributed by atoms with Gasteiger partial charge >= 0.3 is 0 Å². The zero-order valence-corrected chi connectivity index (χ0v) is 21.8. The third-order valence-electron chi connectivity index (χ3n) is 6.36. The summed E-state index contributed by atoms with van der Waals surface area (Å²) in [6.07, 6.45) is 0. The van der Waals surface area contributed by atoms with Gasteiger partial charge in [0.05, 0.1) is 31.9 Å². The first-order valence-electron chi connectivity index (χ1n) is 12.4. The Hall–Kier alpha value is -4.33. The van der Waals surface area contributed by atoms with Crippen LogP contribution in [0.3, 0.4) is 0 Å². The average Bonchev–Trinajstić information content (AvgIpc) is 3.16. The van der Waals surface area contributed by atoms with Crippen molar-refractivity contribution in [1.82, 2.24) is 4.90 Å². The number of carbonyl (C=O) groups is 2. The highest BCUT2D eigenvalue weighted by Crippen LogP contribution is 2.43. The van der Waals surface area contributed by atoms with E-state index in [1.807, 2.05) is 20.8 Å². The van der Waals surface area contributed by atoms with Gasteiger partial charge in [-0.3, -0.25) is 9.59 Å². The van der Waals surface area contributed by atoms with Crippen molar-refractivity contribution in [2.75, 3.05) is 20.3 Å². The maximum absolute atomic E-state index is 13.5. The molecule has 1 unspecified atom stereocenters. The van der Waals surface area contributed by atoms with Gasteiger partial charge in [0, 0.05) is 12.1 Å². The minimum absolute atomic E-state index is 0.0323. The van der Waals surface area contributed by atoms with Crippen LogP contribution in [0.4, 0.5) is 4.39 Å². The van der Waals surface area contributed by atoms with Crippen LogP contribution >= 0.6 is 0 Å². The molecule has 0 aliphatic carbocycles. The van der Waals surface area contributed by atoms with E-state index in [0.29, 0.717) is 47.2 Å². The molecule has 0 radical (unpaired) electrons. The average molecular weight is 520 g/mol. The van der Waals surface area contributed by atoms with Crippen molar-refractivity contribution in [2.45, 2.75) is 33.4 Å². The number of ether oxygens (including phenoxy) is 3. The monoisotopic (exact) mass is 519 g/mol. The van der Waals surface area contributed by atoms with Crippen LogP contribution in [0, 0.1) is 12.7 Å². The second-order valence-electron chi connectivity index (χ2n) is 8.81. The molecule has 1 amide bonds. The number of methoxy groups -OCH3 is 1. The quantitative estimate of drug-likeness (QED) is 0.226. The molecule has 7 nitrogen and oxygen atoms in total. The molecular weight excluding hydrogens is 489 g/mol. The van der Waals surface area contributed by atoms with Crippen LogP contribution in [0.1, 0.15) is 42.1 Å². The Kier molecular flexibility index (Phi) is 8.00. The number of amides is 1. The molecule has 1 aliphatic rings. The molecule has 1 aliphatic heterocycles. The van der Waals surface area contributed by atoms with Gasteiger partial charge in [-0.2, -0.15) is 0 Å². The topological polar surface area (TPSA) is 85.3 Å². The van der Waals surface area contributed by atoms with Gasteiger partial charge in [0.2, 0.25) is 0 Å². The number of aryl methyl sites for hydroxylation is 1. The van der Waals surface area contributed by atoms with Crippen molar-refractivity contribution in [3.05, 3.63) is 94.3 Å². The number of hydrogen-bond acceptors (Lipinski definition) is 6. The first-order chi connectivity index (χ1) is 18.3. The lowest BCUT2D eigenvalue weighted by Gasteiger charge is -2.26. The Morgan fingerprint density at radius 3 is 2.21 bits per heavy atom. The minimum Gasteiger partial charge on any atom is -0.507 e. The van der Waals surface area contributed by atoms with Crippen LogP contribution < -0.4 is 14.2 Å². The number of ketones is 1. The van der Waals surface area contributed by atoms with Gasteiger partial charge in [0.15, 0.2) is 11.5 Å². The van der Waals surface area contributed by atoms with Crippen LogP contribution in [0.25, 0.3) is 5.76 Å². The van der Waals surface area contributed by atoms with Gasteiger partial charge in [-0.05, 0) is 79.9 Å². The zero-order valence-electron chi connectivity index (χ0n) is 21.8. The Bertz CT molecular complexity index is 1380. The van der Waals surface area contributed by atoms with Crippen LogP contribution in [-0.4, -0.2) is 42.0 Å². The summed E-state index contributed by atoms with van der Waals surface area (Å²) in [6, 6.07) is 15.0. The van der Waals surface area contributed by atoms with Gasteiger partial charge < -0.3 is 24.2 Å². The number of aliphatic hydroxyl groups excluding tert-OH is 1. The summed E-state index contributed by atoms with van der Waals surface area (Å²) in [4.78, 5) is 28.1. The number of hydrogen-bond donors (Lipinski definition) is 1. The number of aliphatic hydroxyl groups is 1. The number of halogens is 1. The van der Waals surface area contributed by atoms with Gasteiger partial charge in [-0.15, -0.1) is 0 Å². The number of Topliss-reactive ketones (excluding diaryl/α,β-unsaturated/α-hetero) is 1. The molecule has 1 heterocycles. The summed E-state index contributed by atoms with van der Waals surface area (Å²) in [5, 5.41) is 11.4. The lowest BCUT2D eigenvalue weighted by Crippen LogP contribution is -2.29. The maximum Gasteiger partial charge on any atom is 0.295 e. The smallest absolute Gasteiger partial charge is 0.295 e. The third kappa shape index (κ3) is 5.20. The molecular formula is C30H30FNO6. The second kappa shape index (κ2) is 11.4. The van der Waals surface area contributed by atoms with Crippen molar-refractivity contribution in [3.63, 3.8) is 0 Å². The van der Waals surface area contributed by atoms with E-state index in [-0.39, 0.29) is 17.9 Å². The van der Waals surface area contributed by atoms with Crippen molar-refractivity contribution < 1.29 is 33.3 Å². The van der Waals surface area contributed by atoms with Crippen LogP contribution in [0.15, 0.2) is 66.2 Å². The predicted molar refractivity (Wildman–Crippen MR) is 141 cm³/mol. The number of nitrogens with zero attached hydrogens (tertiary/aromatic N) is 1. The van der Waals surface area contributed by atoms with E-state index in [1.165, 1.54) is 24.1 Å². The second-order valence-corrected chi connectivity index (χ2v) is 8.81. The van der Waals surface area contributed by atoms with E-state index in [2.05, 4.69) is 0 Å². The van der Waals surface area contributed by atoms with Crippen molar-refractivity contribution in [1.29, 1.82) is 0 Å². The van der Waals surface area contributed by atoms with E-state index in [1.54, 1.807) is 48.5 Å². The highest BCUT2D eigenvalue weighted by atomic mass is 19.1. The van der Waals surface area contributed by atoms with E-state index in [0.717, 1.165) is 5.56 Å². The molecule has 8 heteroatoms. The highest BCUT2D eigenvalue weighted by molar-refractivity contribution is 6.46. The molecule has 0 spiro atoms. The molecule has 3 aromatic carbocycles. The number of rotatable bonds is 9. The number of benzene rings is 3. The van der Waals surface area contributed by atoms with Gasteiger partial charge in [0.25, 0.3) is 11.7 Å². The van der Waals surface area contributed by atoms with Crippen molar-refractivity contribution in [3.8, 4) is 17.2 Å². The molecule has 3 aromatic rings. The minimum atomic E-state index is -0.919. The van der Waals surface area contributed by atoms with Crippen molar-refractivity contribution >= 4 is 17.4 Å². The molecule has 1 atom stereocenters. The molecule has 1 fully saturated rings. The molecule has 0 saturated carbocycles. The number of likely N-dealkylation sites (tertiary alicyclic amines) is 1. The summed E-state index contributed by atoms with van der Waals surface area (Å²) < 4.78 is 30.3. The lowest BCUT2D eigenvalue weighted by molar-refractivity contribution is -0.140. The van der Waals surface area contributed by atoms with E-state index < -0.39 is 23.5 Å². The fourth-order valence-corrected chi connectivity index (χ4v) is 4.58. The Labute approximate surface area is 221 Å². The standard InChI is InChI=1S/C30H30FNO6/c1-5-37-23-13-10-21(15-18(23)3)28(33)26-27(20-9-14-24(36-4)25(16-20)38-6-2)32(30(35)29(26)34)17-19-7-11-22(31)12-8-19/h7-16,27,33H,5-6,17H2,1-4H3/b28-26-. The van der Waals surface area contributed by atoms with Gasteiger partial charge in [-0.25, -0.2) is 4.39 Å². The molecule has 0 aromatic heterocycles. The molecule has 4 rings (SSSR count). The Balaban J connectivity index is 1.88. The third-order valence-corrected chi connectivity index (χ3v) is 6.36. The number of carbonyl (C=O) groups excluding carboxylic acids is 2. The molecule has 198 valence electrons. The van der Waals surface area contributed by atoms with Crippen LogP contribution in [-0.2, 0) is 16.1 Å². The summed E-state index contributed by atoms with van der Waals surface area (Å²) in [5.74, 6) is -0.685. The van der Waals surface area contributed by atoms with Crippen LogP contribution in [0.2, 0.25) is 0 Å². The maximum atomic E-state index is 13.5. The largest absolute Gasteiger partial charge is 0.507 e. The molecule has 38 heavy (non-hydrogen) atoms. The SMILES string of the molecule is CCOc1ccc(/C(O)=C2/C(=O)C(=O)N(Cc3ccc(F)cc3)C2c2ccc(OC)c(OCC)c2)cc1C. The molecule has 0 bridgehead atoms. The Morgan fingerprint density at radius 1 is 0.921 bits per heavy atom. The fraction of sp³-hybridized carbons (Fsp3) is 0.267. The molecule has 1 saturated heterocycles. The van der Waals surface area contributed by atoms with Crippen LogP contribution in [0.5, 0.6) is 17.2 Å². The van der Waals surface area contributed by atoms with Gasteiger partial charge in [0.1, 0.15) is 17.3 Å². The first kappa shape index (κ1) is 26.7. The first-order valence-corrected chi connectivity index (χ1v) is 12.4. The van der Waals surface area contributed by atoms with Gasteiger partial charge in [-0.1, -0.05) is 18.2 Å². The normalized spacial score (nSPS) is 16.6. The summed E-state index contributed by atoms with van der Waals surface area (Å²) in [6.45, 7) is 6.44. The van der Waals surface area contributed by atoms with E-state index >= 15 is 0 Å². The Morgan fingerprint density at radius 2 is 1.58 bits per heavy atom. The fourth-order valence-electron chi connectivity index (χ4n) is 4.58. The summed E-state index contributed by atoms with van der Waals surface area (Å²) in [7, 11) is 1.52. The molecule has 1 N–H and O–H groups in total. The lowest BCUT2D eigenvalue weighted by atomic mass is 9.94.